The lowest BCUT2D eigenvalue weighted by molar-refractivity contribution is 0.0943. The summed E-state index contributed by atoms with van der Waals surface area (Å²) in [5, 5.41) is 5.86. The molecule has 0 aliphatic heterocycles. The third-order valence-electron chi connectivity index (χ3n) is 4.82. The number of aryl methyl sites for hydroxylation is 2. The van der Waals surface area contributed by atoms with E-state index in [1.54, 1.807) is 35.8 Å². The lowest BCUT2D eigenvalue weighted by Crippen LogP contribution is -2.22. The fourth-order valence-corrected chi connectivity index (χ4v) is 3.47. The van der Waals surface area contributed by atoms with Gasteiger partial charge in [0.1, 0.15) is 5.52 Å². The van der Waals surface area contributed by atoms with Crippen LogP contribution in [0.25, 0.3) is 21.8 Å². The highest BCUT2D eigenvalue weighted by atomic mass is 16.2. The number of nitrogens with zero attached hydrogens (tertiary/aromatic N) is 3. The number of hydrogen-bond acceptors (Lipinski definition) is 4. The zero-order valence-electron chi connectivity index (χ0n) is 15.1. The van der Waals surface area contributed by atoms with Crippen molar-refractivity contribution < 1.29 is 4.79 Å². The zero-order chi connectivity index (χ0) is 19.0. The summed E-state index contributed by atoms with van der Waals surface area (Å²) < 4.78 is 3.07. The lowest BCUT2D eigenvalue weighted by Gasteiger charge is -2.10. The van der Waals surface area contributed by atoms with E-state index in [2.05, 4.69) is 5.10 Å². The minimum atomic E-state index is -0.249. The molecule has 6 heteroatoms. The molecular weight excluding hydrogens is 340 g/mol. The van der Waals surface area contributed by atoms with E-state index in [0.717, 1.165) is 10.9 Å². The molecule has 0 fully saturated rings. The second-order valence-corrected chi connectivity index (χ2v) is 6.51. The van der Waals surface area contributed by atoms with E-state index >= 15 is 0 Å². The van der Waals surface area contributed by atoms with E-state index < -0.39 is 0 Å². The zero-order valence-corrected chi connectivity index (χ0v) is 15.1. The normalized spacial score (nSPS) is 11.3. The molecule has 0 spiro atoms. The second-order valence-electron chi connectivity index (χ2n) is 6.51. The van der Waals surface area contributed by atoms with Gasteiger partial charge in [-0.2, -0.15) is 9.78 Å². The summed E-state index contributed by atoms with van der Waals surface area (Å²) >= 11 is 0. The number of fused-ring (bicyclic) bond motifs is 3. The number of carbonyl (C=O) groups excluding carboxylic acids is 1. The van der Waals surface area contributed by atoms with Crippen LogP contribution in [-0.4, -0.2) is 26.8 Å². The summed E-state index contributed by atoms with van der Waals surface area (Å²) in [7, 11) is 0. The SMILES string of the molecule is Cc1c2c(=O)n(CCCN)c3ccccc3c2nn1C(=O)c1ccccc1. The summed E-state index contributed by atoms with van der Waals surface area (Å²) in [6, 6.07) is 16.6. The van der Waals surface area contributed by atoms with E-state index in [-0.39, 0.29) is 11.5 Å². The Balaban J connectivity index is 2.02. The van der Waals surface area contributed by atoms with Gasteiger partial charge in [-0.15, -0.1) is 0 Å². The molecular formula is C21H20N4O2. The third-order valence-corrected chi connectivity index (χ3v) is 4.82. The fraction of sp³-hybridized carbons (Fsp3) is 0.190. The molecule has 4 aromatic rings. The number of rotatable bonds is 4. The largest absolute Gasteiger partial charge is 0.330 e. The Labute approximate surface area is 155 Å². The molecule has 0 saturated heterocycles. The Bertz CT molecular complexity index is 1210. The van der Waals surface area contributed by atoms with E-state index in [0.29, 0.717) is 41.7 Å². The first kappa shape index (κ1) is 17.2. The molecule has 0 bridgehead atoms. The standard InChI is InChI=1S/C21H20N4O2/c1-14-18-19(23-25(14)20(26)15-8-3-2-4-9-15)16-10-5-6-11-17(16)24(21(18)27)13-7-12-22/h2-6,8-11H,7,12-13,22H2,1H3. The average Bonchev–Trinajstić information content (AvgIpc) is 3.06. The first-order valence-electron chi connectivity index (χ1n) is 8.94. The molecule has 2 N–H and O–H groups in total. The van der Waals surface area contributed by atoms with Crippen molar-refractivity contribution in [2.45, 2.75) is 19.9 Å². The first-order valence-corrected chi connectivity index (χ1v) is 8.94. The van der Waals surface area contributed by atoms with Gasteiger partial charge in [-0.25, -0.2) is 0 Å². The molecule has 0 unspecified atom stereocenters. The van der Waals surface area contributed by atoms with Crippen LogP contribution in [0.2, 0.25) is 0 Å². The van der Waals surface area contributed by atoms with Crippen molar-refractivity contribution in [3.8, 4) is 0 Å². The van der Waals surface area contributed by atoms with E-state index in [4.69, 9.17) is 5.73 Å². The van der Waals surface area contributed by atoms with Crippen molar-refractivity contribution in [1.29, 1.82) is 0 Å². The molecule has 4 rings (SSSR count). The molecule has 0 aliphatic carbocycles. The molecule has 0 atom stereocenters. The van der Waals surface area contributed by atoms with E-state index in [9.17, 15) is 9.59 Å². The number of aromatic nitrogens is 3. The quantitative estimate of drug-likeness (QED) is 0.606. The molecule has 2 aromatic carbocycles. The van der Waals surface area contributed by atoms with Crippen molar-refractivity contribution in [3.63, 3.8) is 0 Å². The molecule has 0 saturated carbocycles. The van der Waals surface area contributed by atoms with Gasteiger partial charge in [0.25, 0.3) is 11.5 Å². The van der Waals surface area contributed by atoms with Crippen LogP contribution in [0.1, 0.15) is 22.5 Å². The molecule has 0 radical (unpaired) electrons. The Kier molecular flexibility index (Phi) is 4.33. The number of pyridine rings is 1. The summed E-state index contributed by atoms with van der Waals surface area (Å²) in [4.78, 5) is 26.1. The summed E-state index contributed by atoms with van der Waals surface area (Å²) in [5.41, 5.74) is 7.95. The van der Waals surface area contributed by atoms with E-state index in [1.165, 1.54) is 4.68 Å². The predicted molar refractivity (Wildman–Crippen MR) is 106 cm³/mol. The van der Waals surface area contributed by atoms with Crippen LogP contribution in [0.4, 0.5) is 0 Å². The van der Waals surface area contributed by atoms with Gasteiger partial charge in [0.2, 0.25) is 0 Å². The minimum Gasteiger partial charge on any atom is -0.330 e. The van der Waals surface area contributed by atoms with Crippen LogP contribution >= 0.6 is 0 Å². The number of para-hydroxylation sites is 1. The van der Waals surface area contributed by atoms with Gasteiger partial charge in [-0.05, 0) is 38.1 Å². The van der Waals surface area contributed by atoms with Crippen molar-refractivity contribution in [3.05, 3.63) is 76.2 Å². The fourth-order valence-electron chi connectivity index (χ4n) is 3.47. The van der Waals surface area contributed by atoms with Crippen LogP contribution in [0.15, 0.2) is 59.4 Å². The van der Waals surface area contributed by atoms with Crippen LogP contribution < -0.4 is 11.3 Å². The molecule has 6 nitrogen and oxygen atoms in total. The summed E-state index contributed by atoms with van der Waals surface area (Å²) in [5.74, 6) is -0.249. The second kappa shape index (κ2) is 6.81. The van der Waals surface area contributed by atoms with E-state index in [1.807, 2.05) is 30.3 Å². The van der Waals surface area contributed by atoms with Gasteiger partial charge < -0.3 is 10.3 Å². The maximum Gasteiger partial charge on any atom is 0.278 e. The number of nitrogens with two attached hydrogens (primary N) is 1. The van der Waals surface area contributed by atoms with Crippen molar-refractivity contribution in [2.24, 2.45) is 5.73 Å². The van der Waals surface area contributed by atoms with Gasteiger partial charge in [-0.3, -0.25) is 9.59 Å². The minimum absolute atomic E-state index is 0.137. The Morgan fingerprint density at radius 2 is 1.78 bits per heavy atom. The van der Waals surface area contributed by atoms with Gasteiger partial charge >= 0.3 is 0 Å². The molecule has 0 aliphatic rings. The average molecular weight is 360 g/mol. The highest BCUT2D eigenvalue weighted by Gasteiger charge is 2.21. The monoisotopic (exact) mass is 360 g/mol. The molecule has 27 heavy (non-hydrogen) atoms. The maximum atomic E-state index is 13.2. The Morgan fingerprint density at radius 3 is 2.52 bits per heavy atom. The van der Waals surface area contributed by atoms with Crippen molar-refractivity contribution >= 4 is 27.7 Å². The van der Waals surface area contributed by atoms with Crippen LogP contribution in [0.3, 0.4) is 0 Å². The van der Waals surface area contributed by atoms with Gasteiger partial charge in [0.05, 0.1) is 16.6 Å². The topological polar surface area (TPSA) is 82.9 Å². The Hall–Kier alpha value is -3.25. The van der Waals surface area contributed by atoms with Crippen molar-refractivity contribution in [2.75, 3.05) is 6.54 Å². The predicted octanol–water partition coefficient (Wildman–Crippen LogP) is 2.70. The van der Waals surface area contributed by atoms with Crippen LogP contribution in [0, 0.1) is 6.92 Å². The van der Waals surface area contributed by atoms with Crippen LogP contribution in [0.5, 0.6) is 0 Å². The number of hydrogen-bond donors (Lipinski definition) is 1. The maximum absolute atomic E-state index is 13.2. The third kappa shape index (κ3) is 2.74. The smallest absolute Gasteiger partial charge is 0.278 e. The number of carbonyl (C=O) groups is 1. The van der Waals surface area contributed by atoms with Gasteiger partial charge in [-0.1, -0.05) is 36.4 Å². The summed E-state index contributed by atoms with van der Waals surface area (Å²) in [6.45, 7) is 2.80. The number of benzene rings is 2. The molecule has 136 valence electrons. The molecule has 2 aromatic heterocycles. The Morgan fingerprint density at radius 1 is 1.07 bits per heavy atom. The van der Waals surface area contributed by atoms with Gasteiger partial charge in [0, 0.05) is 17.5 Å². The molecule has 0 amide bonds. The highest BCUT2D eigenvalue weighted by molar-refractivity contribution is 6.06. The van der Waals surface area contributed by atoms with Crippen LogP contribution in [-0.2, 0) is 6.54 Å². The summed E-state index contributed by atoms with van der Waals surface area (Å²) in [6.07, 6.45) is 0.700. The first-order chi connectivity index (χ1) is 13.1. The highest BCUT2D eigenvalue weighted by Crippen LogP contribution is 2.24. The van der Waals surface area contributed by atoms with Crippen molar-refractivity contribution in [1.82, 2.24) is 14.3 Å². The lowest BCUT2D eigenvalue weighted by atomic mass is 10.1. The van der Waals surface area contributed by atoms with Gasteiger partial charge in [0.15, 0.2) is 0 Å². The molecule has 2 heterocycles.